The van der Waals surface area contributed by atoms with Crippen LogP contribution in [0.1, 0.15) is 22.6 Å². The summed E-state index contributed by atoms with van der Waals surface area (Å²) in [4.78, 5) is 0. The first kappa shape index (κ1) is 13.4. The standard InChI is InChI=1S/C16H20N2O/c1-11-2-5-13(6-3-11)14(10-17)8-12-4-7-16(19)15(18)9-12/h2-7,9,14,19H,8,10,17-18H2,1H3. The Hall–Kier alpha value is -2.00. The van der Waals surface area contributed by atoms with E-state index >= 15 is 0 Å². The second kappa shape index (κ2) is 5.76. The quantitative estimate of drug-likeness (QED) is 0.581. The van der Waals surface area contributed by atoms with E-state index in [0.29, 0.717) is 12.2 Å². The predicted octanol–water partition coefficient (Wildman–Crippen LogP) is 2.57. The van der Waals surface area contributed by atoms with E-state index < -0.39 is 0 Å². The maximum absolute atomic E-state index is 9.43. The lowest BCUT2D eigenvalue weighted by Crippen LogP contribution is -2.15. The van der Waals surface area contributed by atoms with Crippen LogP contribution in [0.5, 0.6) is 5.75 Å². The molecule has 0 fully saturated rings. The van der Waals surface area contributed by atoms with Crippen molar-refractivity contribution in [1.29, 1.82) is 0 Å². The van der Waals surface area contributed by atoms with E-state index in [2.05, 4.69) is 31.2 Å². The van der Waals surface area contributed by atoms with Crippen LogP contribution < -0.4 is 11.5 Å². The van der Waals surface area contributed by atoms with Crippen LogP contribution in [0.25, 0.3) is 0 Å². The Labute approximate surface area is 113 Å². The van der Waals surface area contributed by atoms with Crippen LogP contribution in [0.2, 0.25) is 0 Å². The van der Waals surface area contributed by atoms with Crippen molar-refractivity contribution in [3.8, 4) is 5.75 Å². The third-order valence-electron chi connectivity index (χ3n) is 3.41. The molecule has 19 heavy (non-hydrogen) atoms. The molecule has 0 amide bonds. The minimum absolute atomic E-state index is 0.128. The largest absolute Gasteiger partial charge is 0.506 e. The fourth-order valence-electron chi connectivity index (χ4n) is 2.19. The molecular formula is C16H20N2O. The maximum Gasteiger partial charge on any atom is 0.138 e. The number of nitrogen functional groups attached to an aromatic ring is 1. The van der Waals surface area contributed by atoms with Crippen molar-refractivity contribution in [2.24, 2.45) is 5.73 Å². The molecule has 100 valence electrons. The summed E-state index contributed by atoms with van der Waals surface area (Å²) in [6.07, 6.45) is 0.823. The van der Waals surface area contributed by atoms with Crippen molar-refractivity contribution in [2.45, 2.75) is 19.3 Å². The van der Waals surface area contributed by atoms with Crippen molar-refractivity contribution in [2.75, 3.05) is 12.3 Å². The van der Waals surface area contributed by atoms with Crippen molar-refractivity contribution in [3.63, 3.8) is 0 Å². The zero-order valence-electron chi connectivity index (χ0n) is 11.1. The number of phenols is 1. The van der Waals surface area contributed by atoms with E-state index in [9.17, 15) is 5.11 Å². The lowest BCUT2D eigenvalue weighted by molar-refractivity contribution is 0.477. The molecule has 2 aromatic rings. The van der Waals surface area contributed by atoms with Crippen molar-refractivity contribution in [1.82, 2.24) is 0 Å². The first-order valence-corrected chi connectivity index (χ1v) is 6.44. The van der Waals surface area contributed by atoms with Gasteiger partial charge in [-0.1, -0.05) is 35.9 Å². The molecule has 0 aromatic heterocycles. The summed E-state index contributed by atoms with van der Waals surface area (Å²) in [7, 11) is 0. The van der Waals surface area contributed by atoms with Gasteiger partial charge in [0.05, 0.1) is 5.69 Å². The zero-order chi connectivity index (χ0) is 13.8. The molecule has 0 heterocycles. The third kappa shape index (κ3) is 3.26. The Morgan fingerprint density at radius 2 is 1.79 bits per heavy atom. The number of anilines is 1. The molecule has 2 rings (SSSR count). The van der Waals surface area contributed by atoms with Gasteiger partial charge in [-0.3, -0.25) is 0 Å². The van der Waals surface area contributed by atoms with Crippen molar-refractivity contribution < 1.29 is 5.11 Å². The van der Waals surface area contributed by atoms with Crippen LogP contribution in [0.15, 0.2) is 42.5 Å². The summed E-state index contributed by atoms with van der Waals surface area (Å²) in [5.74, 6) is 0.396. The van der Waals surface area contributed by atoms with E-state index in [1.165, 1.54) is 11.1 Å². The van der Waals surface area contributed by atoms with Gasteiger partial charge in [-0.05, 0) is 43.1 Å². The summed E-state index contributed by atoms with van der Waals surface area (Å²) in [5.41, 5.74) is 15.6. The number of phenolic OH excluding ortho intramolecular Hbond substituents is 1. The molecule has 0 aliphatic rings. The summed E-state index contributed by atoms with van der Waals surface area (Å²) in [6.45, 7) is 2.66. The minimum Gasteiger partial charge on any atom is -0.506 e. The number of hydrogen-bond donors (Lipinski definition) is 3. The van der Waals surface area contributed by atoms with Crippen LogP contribution in [-0.4, -0.2) is 11.7 Å². The van der Waals surface area contributed by atoms with Crippen LogP contribution in [0.3, 0.4) is 0 Å². The van der Waals surface area contributed by atoms with E-state index in [4.69, 9.17) is 11.5 Å². The lowest BCUT2D eigenvalue weighted by Gasteiger charge is -2.16. The summed E-state index contributed by atoms with van der Waals surface area (Å²) in [5, 5.41) is 9.43. The smallest absolute Gasteiger partial charge is 0.138 e. The van der Waals surface area contributed by atoms with Crippen molar-refractivity contribution >= 4 is 5.69 Å². The second-order valence-corrected chi connectivity index (χ2v) is 4.94. The molecule has 0 spiro atoms. The number of rotatable bonds is 4. The highest BCUT2D eigenvalue weighted by atomic mass is 16.3. The number of aromatic hydroxyl groups is 1. The van der Waals surface area contributed by atoms with Crippen LogP contribution in [0, 0.1) is 6.92 Å². The van der Waals surface area contributed by atoms with Gasteiger partial charge in [-0.25, -0.2) is 0 Å². The molecule has 0 saturated heterocycles. The van der Waals surface area contributed by atoms with E-state index in [-0.39, 0.29) is 11.7 Å². The molecule has 3 nitrogen and oxygen atoms in total. The number of benzene rings is 2. The second-order valence-electron chi connectivity index (χ2n) is 4.94. The van der Waals surface area contributed by atoms with Gasteiger partial charge in [0.2, 0.25) is 0 Å². The van der Waals surface area contributed by atoms with E-state index in [0.717, 1.165) is 12.0 Å². The molecular weight excluding hydrogens is 236 g/mol. The first-order valence-electron chi connectivity index (χ1n) is 6.44. The van der Waals surface area contributed by atoms with Crippen LogP contribution in [-0.2, 0) is 6.42 Å². The average Bonchev–Trinajstić information content (AvgIpc) is 2.41. The SMILES string of the molecule is Cc1ccc(C(CN)Cc2ccc(O)c(N)c2)cc1. The van der Waals surface area contributed by atoms with Gasteiger partial charge in [0.15, 0.2) is 0 Å². The molecule has 0 aliphatic carbocycles. The Balaban J connectivity index is 2.18. The summed E-state index contributed by atoms with van der Waals surface area (Å²) in [6, 6.07) is 13.8. The first-order chi connectivity index (χ1) is 9.10. The maximum atomic E-state index is 9.43. The lowest BCUT2D eigenvalue weighted by atomic mass is 9.91. The molecule has 1 atom stereocenters. The molecule has 5 N–H and O–H groups in total. The van der Waals surface area contributed by atoms with Crippen molar-refractivity contribution in [3.05, 3.63) is 59.2 Å². The number of hydrogen-bond acceptors (Lipinski definition) is 3. The van der Waals surface area contributed by atoms with Crippen LogP contribution in [0.4, 0.5) is 5.69 Å². The Morgan fingerprint density at radius 1 is 1.11 bits per heavy atom. The van der Waals surface area contributed by atoms with Gasteiger partial charge in [0.1, 0.15) is 5.75 Å². The Bertz CT molecular complexity index is 549. The topological polar surface area (TPSA) is 72.3 Å². The average molecular weight is 256 g/mol. The van der Waals surface area contributed by atoms with E-state index in [1.54, 1.807) is 6.07 Å². The van der Waals surface area contributed by atoms with Gasteiger partial charge >= 0.3 is 0 Å². The number of nitrogens with two attached hydrogens (primary N) is 2. The molecule has 2 aromatic carbocycles. The minimum atomic E-state index is 0.128. The zero-order valence-corrected chi connectivity index (χ0v) is 11.1. The fourth-order valence-corrected chi connectivity index (χ4v) is 2.19. The Morgan fingerprint density at radius 3 is 2.37 bits per heavy atom. The predicted molar refractivity (Wildman–Crippen MR) is 79.2 cm³/mol. The molecule has 1 unspecified atom stereocenters. The van der Waals surface area contributed by atoms with Gasteiger partial charge in [0, 0.05) is 5.92 Å². The van der Waals surface area contributed by atoms with Crippen LogP contribution >= 0.6 is 0 Å². The summed E-state index contributed by atoms with van der Waals surface area (Å²) >= 11 is 0. The molecule has 0 saturated carbocycles. The molecule has 0 bridgehead atoms. The fraction of sp³-hybridized carbons (Fsp3) is 0.250. The van der Waals surface area contributed by atoms with Gasteiger partial charge < -0.3 is 16.6 Å². The summed E-state index contributed by atoms with van der Waals surface area (Å²) < 4.78 is 0. The normalized spacial score (nSPS) is 12.3. The number of aryl methyl sites for hydroxylation is 1. The van der Waals surface area contributed by atoms with E-state index in [1.807, 2.05) is 12.1 Å². The molecule has 0 radical (unpaired) electrons. The van der Waals surface area contributed by atoms with Gasteiger partial charge in [0.25, 0.3) is 0 Å². The van der Waals surface area contributed by atoms with Gasteiger partial charge in [-0.2, -0.15) is 0 Å². The highest BCUT2D eigenvalue weighted by Gasteiger charge is 2.11. The highest BCUT2D eigenvalue weighted by molar-refractivity contribution is 5.53. The molecule has 0 aliphatic heterocycles. The van der Waals surface area contributed by atoms with Gasteiger partial charge in [-0.15, -0.1) is 0 Å². The third-order valence-corrected chi connectivity index (χ3v) is 3.41. The highest BCUT2D eigenvalue weighted by Crippen LogP contribution is 2.25. The Kier molecular flexibility index (Phi) is 4.07. The monoisotopic (exact) mass is 256 g/mol. The molecule has 3 heteroatoms.